The van der Waals surface area contributed by atoms with Crippen LogP contribution in [-0.2, 0) is 0 Å². The van der Waals surface area contributed by atoms with Crippen LogP contribution in [0.1, 0.15) is 0 Å². The molecular weight excluding hydrogens is 58.5 g/mol. The van der Waals surface area contributed by atoms with Crippen molar-refractivity contribution in [2.24, 2.45) is 5.73 Å². The van der Waals surface area contributed by atoms with Crippen LogP contribution >= 0.6 is 0 Å². The van der Waals surface area contributed by atoms with Crippen LogP contribution in [-0.4, -0.2) is 28.8 Å². The summed E-state index contributed by atoms with van der Waals surface area (Å²) in [7, 11) is 5.90. The molecular formula is CH8B3N. The summed E-state index contributed by atoms with van der Waals surface area (Å²) in [6.45, 7) is 0. The van der Waals surface area contributed by atoms with Gasteiger partial charge in [0.1, 0.15) is 23.5 Å². The molecule has 0 heterocycles. The maximum atomic E-state index is 5.35. The highest BCUT2D eigenvalue weighted by molar-refractivity contribution is 6.58. The Labute approximate surface area is 35.5 Å². The highest BCUT2D eigenvalue weighted by atomic mass is 14.6. The van der Waals surface area contributed by atoms with Crippen molar-refractivity contribution in [1.29, 1.82) is 0 Å². The standard InChI is InChI=1S/CH8B3N/c2-1(3,4)5/h2-5H2. The molecule has 0 spiro atoms. The summed E-state index contributed by atoms with van der Waals surface area (Å²) < 4.78 is 0. The maximum absolute atomic E-state index is 5.35. The molecule has 0 aromatic carbocycles. The van der Waals surface area contributed by atoms with E-state index in [9.17, 15) is 0 Å². The molecule has 0 aliphatic heterocycles. The Morgan fingerprint density at radius 1 is 1.20 bits per heavy atom. The molecule has 0 aliphatic carbocycles. The molecule has 0 saturated heterocycles. The Bertz CT molecular complexity index is 22.4. The zero-order valence-electron chi connectivity index (χ0n) is 4.08. The Hall–Kier alpha value is 0.155. The van der Waals surface area contributed by atoms with Crippen molar-refractivity contribution in [3.8, 4) is 0 Å². The van der Waals surface area contributed by atoms with E-state index in [2.05, 4.69) is 0 Å². The summed E-state index contributed by atoms with van der Waals surface area (Å²) in [5, 5.41) is 0. The SMILES string of the molecule is BC(B)(B)N. The van der Waals surface area contributed by atoms with E-state index >= 15 is 0 Å². The molecule has 4 heteroatoms. The second kappa shape index (κ2) is 1.09. The van der Waals surface area contributed by atoms with E-state index in [4.69, 9.17) is 5.73 Å². The van der Waals surface area contributed by atoms with Gasteiger partial charge in [0.25, 0.3) is 0 Å². The summed E-state index contributed by atoms with van der Waals surface area (Å²) in [5.74, 6) is 0. The van der Waals surface area contributed by atoms with Gasteiger partial charge in [-0.1, -0.05) is 5.24 Å². The van der Waals surface area contributed by atoms with E-state index in [1.54, 1.807) is 0 Å². The maximum Gasteiger partial charge on any atom is 0.106 e. The second-order valence-corrected chi connectivity index (χ2v) is 2.37. The van der Waals surface area contributed by atoms with E-state index < -0.39 is 0 Å². The first-order chi connectivity index (χ1) is 2.00. The molecule has 0 rings (SSSR count). The molecule has 0 saturated carbocycles. The smallest absolute Gasteiger partial charge is 0.106 e. The summed E-state index contributed by atoms with van der Waals surface area (Å²) >= 11 is 0. The lowest BCUT2D eigenvalue weighted by Gasteiger charge is -2.05. The first-order valence-corrected chi connectivity index (χ1v) is 1.79. The molecule has 2 N–H and O–H groups in total. The van der Waals surface area contributed by atoms with Crippen LogP contribution in [0.15, 0.2) is 0 Å². The third-order valence-corrected chi connectivity index (χ3v) is 0. The molecule has 0 bridgehead atoms. The lowest BCUT2D eigenvalue weighted by atomic mass is 9.50. The van der Waals surface area contributed by atoms with E-state index in [0.29, 0.717) is 0 Å². The summed E-state index contributed by atoms with van der Waals surface area (Å²) in [5.41, 5.74) is 5.35. The van der Waals surface area contributed by atoms with E-state index in [1.807, 2.05) is 23.5 Å². The van der Waals surface area contributed by atoms with Crippen molar-refractivity contribution in [3.63, 3.8) is 0 Å². The number of hydrogen-bond donors (Lipinski definition) is 1. The van der Waals surface area contributed by atoms with Crippen molar-refractivity contribution in [3.05, 3.63) is 0 Å². The molecule has 5 heavy (non-hydrogen) atoms. The van der Waals surface area contributed by atoms with Gasteiger partial charge in [-0.25, -0.2) is 0 Å². The highest BCUT2D eigenvalue weighted by Crippen LogP contribution is 1.65. The van der Waals surface area contributed by atoms with Gasteiger partial charge >= 0.3 is 0 Å². The lowest BCUT2D eigenvalue weighted by Crippen LogP contribution is -2.41. The van der Waals surface area contributed by atoms with Gasteiger partial charge < -0.3 is 5.73 Å². The third kappa shape index (κ3) is 805. The molecule has 0 radical (unpaired) electrons. The summed E-state index contributed by atoms with van der Waals surface area (Å²) in [6, 6.07) is 0. The molecule has 0 aromatic heterocycles. The number of nitrogens with two attached hydrogens (primary N) is 1. The van der Waals surface area contributed by atoms with Crippen molar-refractivity contribution in [2.45, 2.75) is 5.24 Å². The zero-order valence-corrected chi connectivity index (χ0v) is 4.08. The number of rotatable bonds is 0. The van der Waals surface area contributed by atoms with Gasteiger partial charge in [0.2, 0.25) is 0 Å². The third-order valence-electron chi connectivity index (χ3n) is 0. The number of hydrogen-bond acceptors (Lipinski definition) is 1. The van der Waals surface area contributed by atoms with Crippen LogP contribution in [0.3, 0.4) is 0 Å². The van der Waals surface area contributed by atoms with Gasteiger partial charge in [0.15, 0.2) is 0 Å². The normalized spacial score (nSPS) is 11.4. The van der Waals surface area contributed by atoms with Crippen molar-refractivity contribution >= 4 is 23.5 Å². The highest BCUT2D eigenvalue weighted by Gasteiger charge is 1.97. The fourth-order valence-electron chi connectivity index (χ4n) is 0. The monoisotopic (exact) mass is 67.1 g/mol. The lowest BCUT2D eigenvalue weighted by molar-refractivity contribution is 1.17. The molecule has 0 fully saturated rings. The molecule has 26 valence electrons. The van der Waals surface area contributed by atoms with Crippen LogP contribution in [0, 0.1) is 0 Å². The van der Waals surface area contributed by atoms with E-state index in [-0.39, 0.29) is 5.24 Å². The first-order valence-electron chi connectivity index (χ1n) is 1.79. The average Bonchev–Trinajstić information content (AvgIpc) is 0.722. The Kier molecular flexibility index (Phi) is 1.13. The van der Waals surface area contributed by atoms with Crippen molar-refractivity contribution < 1.29 is 0 Å². The molecule has 0 unspecified atom stereocenters. The molecule has 1 nitrogen and oxygen atoms in total. The predicted octanol–water partition coefficient (Wildman–Crippen LogP) is -3.54. The Balaban J connectivity index is 3.02. The van der Waals surface area contributed by atoms with Crippen molar-refractivity contribution in [2.75, 3.05) is 0 Å². The average molecular weight is 66.5 g/mol. The minimum atomic E-state index is 0. The minimum Gasteiger partial charge on any atom is -0.347 e. The topological polar surface area (TPSA) is 26.0 Å². The van der Waals surface area contributed by atoms with Crippen LogP contribution in [0.25, 0.3) is 0 Å². The minimum absolute atomic E-state index is 0. The van der Waals surface area contributed by atoms with Gasteiger partial charge in [-0.3, -0.25) is 0 Å². The van der Waals surface area contributed by atoms with E-state index in [0.717, 1.165) is 0 Å². The second-order valence-electron chi connectivity index (χ2n) is 2.37. The summed E-state index contributed by atoms with van der Waals surface area (Å²) in [4.78, 5) is 0. The zero-order chi connectivity index (χ0) is 4.50. The van der Waals surface area contributed by atoms with Gasteiger partial charge in [-0.2, -0.15) is 0 Å². The summed E-state index contributed by atoms with van der Waals surface area (Å²) in [6.07, 6.45) is 0. The van der Waals surface area contributed by atoms with Gasteiger partial charge in [0.05, 0.1) is 0 Å². The van der Waals surface area contributed by atoms with Crippen LogP contribution in [0.4, 0.5) is 0 Å². The molecule has 0 aliphatic rings. The Morgan fingerprint density at radius 3 is 1.20 bits per heavy atom. The molecule has 0 atom stereocenters. The van der Waals surface area contributed by atoms with Crippen molar-refractivity contribution in [1.82, 2.24) is 0 Å². The van der Waals surface area contributed by atoms with E-state index in [1.165, 1.54) is 0 Å². The van der Waals surface area contributed by atoms with Crippen LogP contribution in [0.2, 0.25) is 0 Å². The fourth-order valence-corrected chi connectivity index (χ4v) is 0. The van der Waals surface area contributed by atoms with Crippen LogP contribution < -0.4 is 5.73 Å². The predicted molar refractivity (Wildman–Crippen MR) is 32.6 cm³/mol. The van der Waals surface area contributed by atoms with Gasteiger partial charge in [0, 0.05) is 0 Å². The first kappa shape index (κ1) is 5.15. The largest absolute Gasteiger partial charge is 0.347 e. The molecule has 0 aromatic rings. The fraction of sp³-hybridized carbons (Fsp3) is 1.00. The molecule has 0 amide bonds. The van der Waals surface area contributed by atoms with Gasteiger partial charge in [-0.15, -0.1) is 0 Å². The Morgan fingerprint density at radius 2 is 1.20 bits per heavy atom. The quantitative estimate of drug-likeness (QED) is 0.291. The van der Waals surface area contributed by atoms with Crippen LogP contribution in [0.5, 0.6) is 0 Å². The van der Waals surface area contributed by atoms with Gasteiger partial charge in [-0.05, 0) is 0 Å².